The SMILES string of the molecule is CN=C(NCc1cc(Br)c2c(c1)OCCO2)NCC1(C)CCCO1.I. The normalized spacial score (nSPS) is 22.3. The van der Waals surface area contributed by atoms with E-state index in [4.69, 9.17) is 14.2 Å². The van der Waals surface area contributed by atoms with Gasteiger partial charge in [0.15, 0.2) is 17.5 Å². The number of hydrogen-bond acceptors (Lipinski definition) is 4. The van der Waals surface area contributed by atoms with E-state index in [1.807, 2.05) is 12.1 Å². The van der Waals surface area contributed by atoms with Gasteiger partial charge in [-0.15, -0.1) is 24.0 Å². The zero-order valence-electron chi connectivity index (χ0n) is 14.6. The number of nitrogens with zero attached hydrogens (tertiary/aromatic N) is 1. The van der Waals surface area contributed by atoms with Crippen molar-refractivity contribution in [2.45, 2.75) is 31.9 Å². The highest BCUT2D eigenvalue weighted by Crippen LogP contribution is 2.38. The molecule has 1 aromatic carbocycles. The number of benzene rings is 1. The van der Waals surface area contributed by atoms with Gasteiger partial charge in [0.25, 0.3) is 0 Å². The van der Waals surface area contributed by atoms with Gasteiger partial charge in [-0.2, -0.15) is 0 Å². The Labute approximate surface area is 174 Å². The molecule has 1 unspecified atom stereocenters. The fourth-order valence-electron chi connectivity index (χ4n) is 2.92. The molecule has 2 aliphatic heterocycles. The number of aliphatic imine (C=N–C) groups is 1. The molecular formula is C17H25BrIN3O3. The number of guanidine groups is 1. The van der Waals surface area contributed by atoms with Crippen LogP contribution >= 0.6 is 39.9 Å². The van der Waals surface area contributed by atoms with E-state index >= 15 is 0 Å². The third-order valence-electron chi connectivity index (χ3n) is 4.27. The van der Waals surface area contributed by atoms with Gasteiger partial charge in [-0.25, -0.2) is 0 Å². The van der Waals surface area contributed by atoms with E-state index in [1.165, 1.54) is 0 Å². The quantitative estimate of drug-likeness (QED) is 0.359. The summed E-state index contributed by atoms with van der Waals surface area (Å²) in [6.07, 6.45) is 2.20. The Bertz CT molecular complexity index is 621. The van der Waals surface area contributed by atoms with Crippen LogP contribution in [0.25, 0.3) is 0 Å². The summed E-state index contributed by atoms with van der Waals surface area (Å²) < 4.78 is 18.0. The van der Waals surface area contributed by atoms with Gasteiger partial charge in [0.05, 0.1) is 10.1 Å². The van der Waals surface area contributed by atoms with Crippen molar-refractivity contribution in [3.63, 3.8) is 0 Å². The van der Waals surface area contributed by atoms with E-state index in [0.717, 1.165) is 53.5 Å². The predicted molar refractivity (Wildman–Crippen MR) is 112 cm³/mol. The van der Waals surface area contributed by atoms with Crippen molar-refractivity contribution in [2.75, 3.05) is 33.4 Å². The van der Waals surface area contributed by atoms with Crippen LogP contribution in [-0.4, -0.2) is 45.0 Å². The minimum Gasteiger partial charge on any atom is -0.486 e. The van der Waals surface area contributed by atoms with Crippen LogP contribution in [0.15, 0.2) is 21.6 Å². The van der Waals surface area contributed by atoms with Crippen LogP contribution in [0.1, 0.15) is 25.3 Å². The Balaban J connectivity index is 0.00000225. The summed E-state index contributed by atoms with van der Waals surface area (Å²) in [6.45, 7) is 5.54. The predicted octanol–water partition coefficient (Wildman–Crippen LogP) is 3.07. The third kappa shape index (κ3) is 5.37. The van der Waals surface area contributed by atoms with E-state index in [9.17, 15) is 0 Å². The minimum atomic E-state index is -0.0996. The molecule has 1 aromatic rings. The van der Waals surface area contributed by atoms with Gasteiger partial charge in [0.2, 0.25) is 0 Å². The maximum Gasteiger partial charge on any atom is 0.191 e. The second kappa shape index (κ2) is 9.27. The smallest absolute Gasteiger partial charge is 0.191 e. The van der Waals surface area contributed by atoms with Crippen LogP contribution in [0.3, 0.4) is 0 Å². The van der Waals surface area contributed by atoms with Crippen molar-refractivity contribution in [1.29, 1.82) is 0 Å². The first-order valence-corrected chi connectivity index (χ1v) is 9.05. The van der Waals surface area contributed by atoms with Gasteiger partial charge in [-0.05, 0) is 53.4 Å². The van der Waals surface area contributed by atoms with Crippen molar-refractivity contribution < 1.29 is 14.2 Å². The highest BCUT2D eigenvalue weighted by Gasteiger charge is 2.29. The number of hydrogen-bond donors (Lipinski definition) is 2. The van der Waals surface area contributed by atoms with E-state index in [2.05, 4.69) is 38.5 Å². The summed E-state index contributed by atoms with van der Waals surface area (Å²) in [7, 11) is 1.77. The Kier molecular flexibility index (Phi) is 7.63. The van der Waals surface area contributed by atoms with Crippen molar-refractivity contribution in [1.82, 2.24) is 10.6 Å². The molecule has 140 valence electrons. The van der Waals surface area contributed by atoms with Crippen LogP contribution in [0.4, 0.5) is 0 Å². The first-order valence-electron chi connectivity index (χ1n) is 8.26. The molecule has 2 N–H and O–H groups in total. The maximum atomic E-state index is 5.79. The molecule has 2 aliphatic rings. The third-order valence-corrected chi connectivity index (χ3v) is 4.86. The Hall–Kier alpha value is -0.740. The van der Waals surface area contributed by atoms with Gasteiger partial charge < -0.3 is 24.8 Å². The molecule has 0 saturated carbocycles. The molecule has 1 atom stereocenters. The van der Waals surface area contributed by atoms with E-state index < -0.39 is 0 Å². The second-order valence-corrected chi connectivity index (χ2v) is 7.14. The van der Waals surface area contributed by atoms with E-state index in [-0.39, 0.29) is 29.6 Å². The van der Waals surface area contributed by atoms with Gasteiger partial charge in [-0.3, -0.25) is 4.99 Å². The molecule has 0 radical (unpaired) electrons. The standard InChI is InChI=1S/C17H24BrN3O3.HI/c1-17(4-3-5-24-17)11-21-16(19-2)20-10-12-8-13(18)15-14(9-12)22-6-7-23-15;/h8-9H,3-7,10-11H2,1-2H3,(H2,19,20,21);1H. The van der Waals surface area contributed by atoms with Crippen molar-refractivity contribution in [3.8, 4) is 11.5 Å². The number of nitrogens with one attached hydrogen (secondary N) is 2. The molecule has 0 spiro atoms. The molecule has 8 heteroatoms. The van der Waals surface area contributed by atoms with E-state index in [0.29, 0.717) is 19.8 Å². The van der Waals surface area contributed by atoms with Crippen LogP contribution in [-0.2, 0) is 11.3 Å². The lowest BCUT2D eigenvalue weighted by atomic mass is 10.0. The average Bonchev–Trinajstić information content (AvgIpc) is 3.02. The fraction of sp³-hybridized carbons (Fsp3) is 0.588. The zero-order valence-corrected chi connectivity index (χ0v) is 18.5. The molecule has 0 aliphatic carbocycles. The molecule has 1 fully saturated rings. The Morgan fingerprint density at radius 3 is 2.76 bits per heavy atom. The first-order chi connectivity index (χ1) is 11.6. The van der Waals surface area contributed by atoms with Crippen LogP contribution in [0, 0.1) is 0 Å². The number of fused-ring (bicyclic) bond motifs is 1. The van der Waals surface area contributed by atoms with Gasteiger partial charge in [-0.1, -0.05) is 0 Å². The number of halogens is 2. The Morgan fingerprint density at radius 1 is 1.24 bits per heavy atom. The summed E-state index contributed by atoms with van der Waals surface area (Å²) in [4.78, 5) is 4.28. The zero-order chi connectivity index (χ0) is 17.0. The van der Waals surface area contributed by atoms with Gasteiger partial charge >= 0.3 is 0 Å². The molecule has 6 nitrogen and oxygen atoms in total. The minimum absolute atomic E-state index is 0. The van der Waals surface area contributed by atoms with Crippen molar-refractivity contribution in [3.05, 3.63) is 22.2 Å². The lowest BCUT2D eigenvalue weighted by Crippen LogP contribution is -2.45. The van der Waals surface area contributed by atoms with Crippen molar-refractivity contribution >= 4 is 45.9 Å². The molecule has 0 bridgehead atoms. The van der Waals surface area contributed by atoms with Crippen LogP contribution < -0.4 is 20.1 Å². The lowest BCUT2D eigenvalue weighted by molar-refractivity contribution is 0.0243. The topological polar surface area (TPSA) is 64.1 Å². The maximum absolute atomic E-state index is 5.79. The number of rotatable bonds is 4. The molecule has 0 aromatic heterocycles. The molecule has 1 saturated heterocycles. The van der Waals surface area contributed by atoms with Crippen LogP contribution in [0.5, 0.6) is 11.5 Å². The highest BCUT2D eigenvalue weighted by atomic mass is 127. The lowest BCUT2D eigenvalue weighted by Gasteiger charge is -2.25. The molecule has 2 heterocycles. The first kappa shape index (κ1) is 20.6. The van der Waals surface area contributed by atoms with Crippen molar-refractivity contribution in [2.24, 2.45) is 4.99 Å². The second-order valence-electron chi connectivity index (χ2n) is 6.28. The average molecular weight is 526 g/mol. The summed E-state index contributed by atoms with van der Waals surface area (Å²) in [5.41, 5.74) is 0.995. The summed E-state index contributed by atoms with van der Waals surface area (Å²) in [6, 6.07) is 4.04. The van der Waals surface area contributed by atoms with E-state index in [1.54, 1.807) is 7.05 Å². The van der Waals surface area contributed by atoms with Gasteiger partial charge in [0.1, 0.15) is 13.2 Å². The monoisotopic (exact) mass is 525 g/mol. The summed E-state index contributed by atoms with van der Waals surface area (Å²) in [5.74, 6) is 2.32. The summed E-state index contributed by atoms with van der Waals surface area (Å²) in [5, 5.41) is 6.67. The fourth-order valence-corrected chi connectivity index (χ4v) is 3.52. The van der Waals surface area contributed by atoms with Gasteiger partial charge in [0, 0.05) is 26.7 Å². The molecular weight excluding hydrogens is 501 g/mol. The molecule has 25 heavy (non-hydrogen) atoms. The highest BCUT2D eigenvalue weighted by molar-refractivity contribution is 14.0. The Morgan fingerprint density at radius 2 is 2.04 bits per heavy atom. The summed E-state index contributed by atoms with van der Waals surface area (Å²) >= 11 is 3.54. The van der Waals surface area contributed by atoms with Crippen LogP contribution in [0.2, 0.25) is 0 Å². The molecule has 3 rings (SSSR count). The number of ether oxygens (including phenoxy) is 3. The largest absolute Gasteiger partial charge is 0.486 e. The molecule has 0 amide bonds.